The molecule has 0 saturated carbocycles. The Bertz CT molecular complexity index is 752. The lowest BCUT2D eigenvalue weighted by molar-refractivity contribution is -0.129. The summed E-state index contributed by atoms with van der Waals surface area (Å²) in [6.45, 7) is 3.35. The van der Waals surface area contributed by atoms with Crippen LogP contribution in [0.25, 0.3) is 5.65 Å². The maximum absolute atomic E-state index is 12.2. The largest absolute Gasteiger partial charge is 0.345 e. The molecule has 122 valence electrons. The Morgan fingerprint density at radius 1 is 1.39 bits per heavy atom. The topological polar surface area (TPSA) is 70.8 Å². The third-order valence-electron chi connectivity index (χ3n) is 4.33. The fourth-order valence-corrected chi connectivity index (χ4v) is 3.06. The number of likely N-dealkylation sites (tertiary alicyclic amines) is 1. The van der Waals surface area contributed by atoms with E-state index in [0.29, 0.717) is 24.2 Å². The highest BCUT2D eigenvalue weighted by Crippen LogP contribution is 2.28. The van der Waals surface area contributed by atoms with Crippen molar-refractivity contribution in [3.8, 4) is 0 Å². The summed E-state index contributed by atoms with van der Waals surface area (Å²) in [5.74, 6) is 0.291. The second-order valence-corrected chi connectivity index (χ2v) is 6.04. The molecule has 2 amide bonds. The molecule has 2 aromatic rings. The molecule has 1 saturated heterocycles. The Hall–Kier alpha value is -2.44. The zero-order valence-electron chi connectivity index (χ0n) is 13.7. The fourth-order valence-electron chi connectivity index (χ4n) is 3.06. The zero-order valence-corrected chi connectivity index (χ0v) is 13.7. The van der Waals surface area contributed by atoms with Crippen LogP contribution in [0.1, 0.15) is 41.7 Å². The Morgan fingerprint density at radius 3 is 2.87 bits per heavy atom. The monoisotopic (exact) mass is 315 g/mol. The van der Waals surface area contributed by atoms with Crippen molar-refractivity contribution >= 4 is 17.5 Å². The zero-order chi connectivity index (χ0) is 16.6. The molecular formula is C16H21N5O2. The molecule has 3 heterocycles. The van der Waals surface area contributed by atoms with Gasteiger partial charge in [0.05, 0.1) is 11.9 Å². The lowest BCUT2D eigenvalue weighted by atomic mass is 10.0. The van der Waals surface area contributed by atoms with Gasteiger partial charge in [-0.2, -0.15) is 5.10 Å². The van der Waals surface area contributed by atoms with E-state index in [4.69, 9.17) is 0 Å². The van der Waals surface area contributed by atoms with Crippen molar-refractivity contribution in [1.82, 2.24) is 24.4 Å². The summed E-state index contributed by atoms with van der Waals surface area (Å²) < 4.78 is 1.74. The second-order valence-electron chi connectivity index (χ2n) is 6.04. The average Bonchev–Trinajstić information content (AvgIpc) is 3.20. The molecule has 0 unspecified atom stereocenters. The SMILES string of the molecule is CCC(=O)N1CC[C@H](c2ccnc3c(C(=O)N(C)C)cnn23)C1. The number of fused-ring (bicyclic) bond motifs is 1. The lowest BCUT2D eigenvalue weighted by Crippen LogP contribution is -2.27. The van der Waals surface area contributed by atoms with Crippen molar-refractivity contribution in [2.75, 3.05) is 27.2 Å². The smallest absolute Gasteiger partial charge is 0.258 e. The van der Waals surface area contributed by atoms with Gasteiger partial charge in [-0.25, -0.2) is 9.50 Å². The number of rotatable bonds is 3. The van der Waals surface area contributed by atoms with E-state index < -0.39 is 0 Å². The number of carbonyl (C=O) groups is 2. The first kappa shape index (κ1) is 15.5. The number of nitrogens with zero attached hydrogens (tertiary/aromatic N) is 5. The number of aromatic nitrogens is 3. The first-order valence-electron chi connectivity index (χ1n) is 7.85. The minimum atomic E-state index is -0.112. The van der Waals surface area contributed by atoms with Crippen LogP contribution < -0.4 is 0 Å². The highest BCUT2D eigenvalue weighted by Gasteiger charge is 2.29. The van der Waals surface area contributed by atoms with E-state index in [1.54, 1.807) is 31.0 Å². The summed E-state index contributed by atoms with van der Waals surface area (Å²) in [4.78, 5) is 31.8. The van der Waals surface area contributed by atoms with Crippen molar-refractivity contribution in [2.24, 2.45) is 0 Å². The van der Waals surface area contributed by atoms with Crippen LogP contribution in [-0.4, -0.2) is 63.4 Å². The van der Waals surface area contributed by atoms with Crippen molar-refractivity contribution in [3.05, 3.63) is 29.7 Å². The summed E-state index contributed by atoms with van der Waals surface area (Å²) in [6, 6.07) is 1.93. The first-order valence-corrected chi connectivity index (χ1v) is 7.85. The molecule has 0 radical (unpaired) electrons. The highest BCUT2D eigenvalue weighted by molar-refractivity contribution is 5.99. The van der Waals surface area contributed by atoms with Gasteiger partial charge in [-0.15, -0.1) is 0 Å². The van der Waals surface area contributed by atoms with Crippen molar-refractivity contribution in [1.29, 1.82) is 0 Å². The van der Waals surface area contributed by atoms with Gasteiger partial charge in [-0.1, -0.05) is 6.92 Å². The molecule has 23 heavy (non-hydrogen) atoms. The molecule has 0 spiro atoms. The predicted molar refractivity (Wildman–Crippen MR) is 85.2 cm³/mol. The number of amides is 2. The quantitative estimate of drug-likeness (QED) is 0.852. The minimum absolute atomic E-state index is 0.112. The molecule has 1 aliphatic heterocycles. The van der Waals surface area contributed by atoms with Crippen molar-refractivity contribution in [2.45, 2.75) is 25.7 Å². The van der Waals surface area contributed by atoms with Crippen LogP contribution in [0.3, 0.4) is 0 Å². The summed E-state index contributed by atoms with van der Waals surface area (Å²) in [5.41, 5.74) is 2.07. The van der Waals surface area contributed by atoms with Crippen molar-refractivity contribution in [3.63, 3.8) is 0 Å². The Morgan fingerprint density at radius 2 is 2.17 bits per heavy atom. The molecule has 7 nitrogen and oxygen atoms in total. The van der Waals surface area contributed by atoms with Crippen molar-refractivity contribution < 1.29 is 9.59 Å². The molecule has 1 atom stereocenters. The van der Waals surface area contributed by atoms with Gasteiger partial charge >= 0.3 is 0 Å². The van der Waals surface area contributed by atoms with Crippen LogP contribution in [0, 0.1) is 0 Å². The van der Waals surface area contributed by atoms with Crippen LogP contribution in [0.5, 0.6) is 0 Å². The number of hydrogen-bond acceptors (Lipinski definition) is 4. The molecule has 3 rings (SSSR count). The van der Waals surface area contributed by atoms with Gasteiger partial charge in [0.1, 0.15) is 5.56 Å². The molecule has 0 N–H and O–H groups in total. The fraction of sp³-hybridized carbons (Fsp3) is 0.500. The van der Waals surface area contributed by atoms with E-state index in [1.165, 1.54) is 4.90 Å². The summed E-state index contributed by atoms with van der Waals surface area (Å²) in [5, 5.41) is 4.36. The molecule has 1 aliphatic rings. The second kappa shape index (κ2) is 5.98. The van der Waals surface area contributed by atoms with Gasteiger partial charge in [-0.05, 0) is 12.5 Å². The van der Waals surface area contributed by atoms with Gasteiger partial charge < -0.3 is 9.80 Å². The highest BCUT2D eigenvalue weighted by atomic mass is 16.2. The first-order chi connectivity index (χ1) is 11.0. The van der Waals surface area contributed by atoms with E-state index in [2.05, 4.69) is 10.1 Å². The van der Waals surface area contributed by atoms with Crippen LogP contribution in [0.2, 0.25) is 0 Å². The lowest BCUT2D eigenvalue weighted by Gasteiger charge is -2.16. The third kappa shape index (κ3) is 2.67. The summed E-state index contributed by atoms with van der Waals surface area (Å²) in [7, 11) is 3.42. The molecule has 2 aromatic heterocycles. The van der Waals surface area contributed by atoms with Gasteiger partial charge in [0.2, 0.25) is 5.91 Å². The Kier molecular flexibility index (Phi) is 4.02. The van der Waals surface area contributed by atoms with Gasteiger partial charge in [0.15, 0.2) is 5.65 Å². The maximum Gasteiger partial charge on any atom is 0.258 e. The number of hydrogen-bond donors (Lipinski definition) is 0. The van der Waals surface area contributed by atoms with E-state index in [9.17, 15) is 9.59 Å². The molecule has 1 fully saturated rings. The van der Waals surface area contributed by atoms with E-state index in [0.717, 1.165) is 18.7 Å². The van der Waals surface area contributed by atoms with E-state index >= 15 is 0 Å². The van der Waals surface area contributed by atoms with E-state index in [-0.39, 0.29) is 17.7 Å². The molecule has 0 aromatic carbocycles. The maximum atomic E-state index is 12.2. The molecule has 7 heteroatoms. The Balaban J connectivity index is 1.94. The number of carbonyl (C=O) groups excluding carboxylic acids is 2. The minimum Gasteiger partial charge on any atom is -0.345 e. The molecule has 0 aliphatic carbocycles. The molecular weight excluding hydrogens is 294 g/mol. The van der Waals surface area contributed by atoms with Crippen LogP contribution in [0.4, 0.5) is 0 Å². The summed E-state index contributed by atoms with van der Waals surface area (Å²) >= 11 is 0. The van der Waals surface area contributed by atoms with Crippen LogP contribution in [-0.2, 0) is 4.79 Å². The predicted octanol–water partition coefficient (Wildman–Crippen LogP) is 1.16. The van der Waals surface area contributed by atoms with Crippen LogP contribution in [0.15, 0.2) is 18.5 Å². The standard InChI is InChI=1S/C16H21N5O2/c1-4-14(22)20-8-6-11(10-20)13-5-7-17-15-12(9-18-21(13)15)16(23)19(2)3/h5,7,9,11H,4,6,8,10H2,1-3H3/t11-/m0/s1. The molecule has 0 bridgehead atoms. The Labute approximate surface area is 134 Å². The van der Waals surface area contributed by atoms with Gasteiger partial charge in [0.25, 0.3) is 5.91 Å². The van der Waals surface area contributed by atoms with Gasteiger partial charge in [0, 0.05) is 45.7 Å². The average molecular weight is 315 g/mol. The third-order valence-corrected chi connectivity index (χ3v) is 4.33. The summed E-state index contributed by atoms with van der Waals surface area (Å²) in [6.07, 6.45) is 4.71. The van der Waals surface area contributed by atoms with Crippen LogP contribution >= 0.6 is 0 Å². The van der Waals surface area contributed by atoms with E-state index in [1.807, 2.05) is 17.9 Å². The normalized spacial score (nSPS) is 17.7. The van der Waals surface area contributed by atoms with Gasteiger partial charge in [-0.3, -0.25) is 9.59 Å².